The summed E-state index contributed by atoms with van der Waals surface area (Å²) in [6.45, 7) is 0. The Morgan fingerprint density at radius 2 is 1.50 bits per heavy atom. The van der Waals surface area contributed by atoms with Gasteiger partial charge in [0.05, 0.1) is 6.04 Å². The van der Waals surface area contributed by atoms with E-state index in [1.807, 2.05) is 0 Å². The van der Waals surface area contributed by atoms with Gasteiger partial charge in [0, 0.05) is 53.5 Å². The highest BCUT2D eigenvalue weighted by Gasteiger charge is 2.51. The second-order valence-electron chi connectivity index (χ2n) is 16.7. The van der Waals surface area contributed by atoms with Crippen molar-refractivity contribution >= 4 is 11.3 Å². The van der Waals surface area contributed by atoms with Gasteiger partial charge in [0.25, 0.3) is 0 Å². The predicted octanol–water partition coefficient (Wildman–Crippen LogP) is 11.1. The maximum atomic E-state index is 3.04. The van der Waals surface area contributed by atoms with Gasteiger partial charge in [-0.1, -0.05) is 121 Å². The molecule has 1 aromatic rings. The second-order valence-corrected chi connectivity index (χ2v) is 16.7. The number of hydrogen-bond acceptors (Lipinski definition) is 2. The molecule has 0 N–H and O–H groups in total. The lowest BCUT2D eigenvalue weighted by Gasteiger charge is -2.41. The van der Waals surface area contributed by atoms with Gasteiger partial charge >= 0.3 is 0 Å². The molecule has 0 saturated carbocycles. The molecule has 1 fully saturated rings. The third kappa shape index (κ3) is 5.40. The van der Waals surface area contributed by atoms with Gasteiger partial charge in [0.15, 0.2) is 0 Å². The van der Waals surface area contributed by atoms with Crippen molar-refractivity contribution in [2.45, 2.75) is 113 Å². The summed E-state index contributed by atoms with van der Waals surface area (Å²) in [6.07, 6.45) is 56.8. The van der Waals surface area contributed by atoms with Crippen LogP contribution in [0.2, 0.25) is 0 Å². The molecule has 0 radical (unpaired) electrons. The SMILES string of the molecule is C1=CCC(C2=CCC(N3C4C=CC(c5ccc6c(c5)C5C=CC=CC5N6C5CC=CCC5)=CC4C4C=C(C5CC=CCC5)CCC43)CC2)C=C1. The van der Waals surface area contributed by atoms with Crippen molar-refractivity contribution in [2.24, 2.45) is 23.7 Å². The van der Waals surface area contributed by atoms with Gasteiger partial charge < -0.3 is 4.90 Å². The molecule has 0 amide bonds. The van der Waals surface area contributed by atoms with E-state index in [1.165, 1.54) is 93.0 Å². The first-order chi connectivity index (χ1) is 24.8. The van der Waals surface area contributed by atoms with Gasteiger partial charge in [0.2, 0.25) is 0 Å². The first kappa shape index (κ1) is 31.1. The van der Waals surface area contributed by atoms with Crippen molar-refractivity contribution in [3.8, 4) is 0 Å². The largest absolute Gasteiger partial charge is 0.361 e. The zero-order valence-corrected chi connectivity index (χ0v) is 29.7. The van der Waals surface area contributed by atoms with Crippen LogP contribution in [0.15, 0.2) is 133 Å². The molecule has 0 bridgehead atoms. The van der Waals surface area contributed by atoms with Gasteiger partial charge in [-0.3, -0.25) is 4.90 Å². The van der Waals surface area contributed by atoms with Crippen LogP contribution in [0.5, 0.6) is 0 Å². The normalized spacial score (nSPS) is 38.3. The molecule has 1 saturated heterocycles. The lowest BCUT2D eigenvalue weighted by atomic mass is 9.73. The summed E-state index contributed by atoms with van der Waals surface area (Å²) in [4.78, 5) is 5.81. The number of allylic oxidation sites excluding steroid dienone is 13. The highest BCUT2D eigenvalue weighted by molar-refractivity contribution is 5.79. The standard InChI is InChI=1S/C48H54N2/c1-4-12-33(13-5-1)35-20-25-40(26-21-35)50-47-27-22-36(34-14-6-2-7-15-34)30-43(47)44-32-38(24-29-48(44)50)37-23-28-46-42(31-37)41-18-10-11-19-45(41)49(46)39-16-8-3-9-17-39/h1-6,8,10-12,18-20,23-24,28-34,39-41,43-45,47-48H,7,9,13-17,21-22,25-27H2. The molecule has 10 unspecified atom stereocenters. The van der Waals surface area contributed by atoms with Gasteiger partial charge in [-0.2, -0.15) is 0 Å². The third-order valence-corrected chi connectivity index (χ3v) is 14.1. The fourth-order valence-corrected chi connectivity index (χ4v) is 11.7. The number of nitrogens with zero attached hydrogens (tertiary/aromatic N) is 2. The summed E-state index contributed by atoms with van der Waals surface area (Å²) in [5, 5.41) is 0. The summed E-state index contributed by atoms with van der Waals surface area (Å²) in [7, 11) is 0. The number of hydrogen-bond donors (Lipinski definition) is 0. The molecule has 2 heteroatoms. The second kappa shape index (κ2) is 13.2. The van der Waals surface area contributed by atoms with Gasteiger partial charge in [-0.05, 0) is 112 Å². The Kier molecular flexibility index (Phi) is 8.20. The molecule has 50 heavy (non-hydrogen) atoms. The first-order valence-electron chi connectivity index (χ1n) is 20.3. The Morgan fingerprint density at radius 1 is 0.620 bits per heavy atom. The van der Waals surface area contributed by atoms with Crippen LogP contribution in [0.1, 0.15) is 94.1 Å². The maximum absolute atomic E-state index is 3.04. The molecule has 256 valence electrons. The van der Waals surface area contributed by atoms with Crippen molar-refractivity contribution in [1.82, 2.24) is 4.90 Å². The number of anilines is 1. The maximum Gasteiger partial charge on any atom is 0.0583 e. The molecule has 9 aliphatic rings. The number of benzene rings is 1. The summed E-state index contributed by atoms with van der Waals surface area (Å²) < 4.78 is 0. The Balaban J connectivity index is 0.971. The zero-order chi connectivity index (χ0) is 33.0. The van der Waals surface area contributed by atoms with Crippen LogP contribution >= 0.6 is 0 Å². The Morgan fingerprint density at radius 3 is 2.32 bits per heavy atom. The van der Waals surface area contributed by atoms with Crippen LogP contribution < -0.4 is 4.90 Å². The van der Waals surface area contributed by atoms with Gasteiger partial charge in [-0.25, -0.2) is 0 Å². The smallest absolute Gasteiger partial charge is 0.0583 e. The Labute approximate surface area is 300 Å². The molecule has 2 aliphatic heterocycles. The average molecular weight is 659 g/mol. The lowest BCUT2D eigenvalue weighted by Crippen LogP contribution is -2.46. The lowest BCUT2D eigenvalue weighted by molar-refractivity contribution is 0.119. The average Bonchev–Trinajstić information content (AvgIpc) is 3.71. The minimum atomic E-state index is 0.447. The number of fused-ring (bicyclic) bond motifs is 6. The van der Waals surface area contributed by atoms with Crippen molar-refractivity contribution in [3.05, 3.63) is 144 Å². The van der Waals surface area contributed by atoms with E-state index >= 15 is 0 Å². The molecule has 7 aliphatic carbocycles. The molecule has 2 nitrogen and oxygen atoms in total. The predicted molar refractivity (Wildman–Crippen MR) is 210 cm³/mol. The van der Waals surface area contributed by atoms with E-state index in [4.69, 9.17) is 0 Å². The van der Waals surface area contributed by atoms with Crippen molar-refractivity contribution in [2.75, 3.05) is 4.90 Å². The van der Waals surface area contributed by atoms with Crippen LogP contribution in [0.4, 0.5) is 5.69 Å². The first-order valence-corrected chi connectivity index (χ1v) is 20.3. The minimum Gasteiger partial charge on any atom is -0.361 e. The van der Waals surface area contributed by atoms with E-state index in [0.717, 1.165) is 12.3 Å². The monoisotopic (exact) mass is 658 g/mol. The van der Waals surface area contributed by atoms with Crippen molar-refractivity contribution in [1.29, 1.82) is 0 Å². The van der Waals surface area contributed by atoms with Crippen LogP contribution in [0, 0.1) is 23.7 Å². The van der Waals surface area contributed by atoms with E-state index in [2.05, 4.69) is 131 Å². The van der Waals surface area contributed by atoms with E-state index in [9.17, 15) is 0 Å². The van der Waals surface area contributed by atoms with Crippen molar-refractivity contribution in [3.63, 3.8) is 0 Å². The quantitative estimate of drug-likeness (QED) is 0.291. The van der Waals surface area contributed by atoms with E-state index < -0.39 is 0 Å². The zero-order valence-electron chi connectivity index (χ0n) is 29.7. The van der Waals surface area contributed by atoms with Crippen molar-refractivity contribution < 1.29 is 0 Å². The highest BCUT2D eigenvalue weighted by Crippen LogP contribution is 2.52. The molecule has 1 aromatic carbocycles. The van der Waals surface area contributed by atoms with Crippen LogP contribution in [0.25, 0.3) is 5.57 Å². The minimum absolute atomic E-state index is 0.447. The summed E-state index contributed by atoms with van der Waals surface area (Å²) in [5.41, 5.74) is 9.33. The van der Waals surface area contributed by atoms with Crippen LogP contribution in [-0.2, 0) is 0 Å². The van der Waals surface area contributed by atoms with Crippen LogP contribution in [-0.4, -0.2) is 35.1 Å². The van der Waals surface area contributed by atoms with Crippen LogP contribution in [0.3, 0.4) is 0 Å². The number of likely N-dealkylation sites (tertiary alicyclic amines) is 1. The number of rotatable bonds is 5. The molecular formula is C48H54N2. The summed E-state index contributed by atoms with van der Waals surface area (Å²) in [6, 6.07) is 10.4. The molecular weight excluding hydrogens is 605 g/mol. The molecule has 0 aromatic heterocycles. The Bertz CT molecular complexity index is 1800. The Hall–Kier alpha value is -3.62. The summed E-state index contributed by atoms with van der Waals surface area (Å²) >= 11 is 0. The van der Waals surface area contributed by atoms with Gasteiger partial charge in [0.1, 0.15) is 0 Å². The molecule has 10 atom stereocenters. The van der Waals surface area contributed by atoms with E-state index in [0.29, 0.717) is 53.9 Å². The summed E-state index contributed by atoms with van der Waals surface area (Å²) in [5.74, 6) is 3.00. The molecule has 2 heterocycles. The van der Waals surface area contributed by atoms with Gasteiger partial charge in [-0.15, -0.1) is 0 Å². The third-order valence-electron chi connectivity index (χ3n) is 14.1. The fraction of sp³-hybridized carbons (Fsp3) is 0.458. The van der Waals surface area contributed by atoms with E-state index in [1.54, 1.807) is 11.1 Å². The molecule has 0 spiro atoms. The van der Waals surface area contributed by atoms with E-state index in [-0.39, 0.29) is 0 Å². The molecule has 10 rings (SSSR count). The fourth-order valence-electron chi connectivity index (χ4n) is 11.7. The topological polar surface area (TPSA) is 6.48 Å². The highest BCUT2D eigenvalue weighted by atomic mass is 15.3.